The lowest BCUT2D eigenvalue weighted by Gasteiger charge is -2.45. The van der Waals surface area contributed by atoms with E-state index in [4.69, 9.17) is 0 Å². The second-order valence-electron chi connectivity index (χ2n) is 3.22. The molecule has 1 aliphatic carbocycles. The molecule has 2 rings (SSSR count). The number of hydrogen-bond donors (Lipinski definition) is 2. The van der Waals surface area contributed by atoms with Crippen molar-refractivity contribution >= 4 is 0 Å². The van der Waals surface area contributed by atoms with Gasteiger partial charge >= 0.3 is 0 Å². The van der Waals surface area contributed by atoms with Gasteiger partial charge in [-0.05, 0) is 37.8 Å². The molecule has 52 valence electrons. The Kier molecular flexibility index (Phi) is 1.24. The second kappa shape index (κ2) is 1.96. The van der Waals surface area contributed by atoms with Crippen LogP contribution in [0.2, 0.25) is 0 Å². The van der Waals surface area contributed by atoms with Gasteiger partial charge < -0.3 is 10.4 Å². The topological polar surface area (TPSA) is 32.3 Å². The highest BCUT2D eigenvalue weighted by molar-refractivity contribution is 4.93. The van der Waals surface area contributed by atoms with E-state index in [0.717, 1.165) is 25.4 Å². The Morgan fingerprint density at radius 3 is 2.89 bits per heavy atom. The van der Waals surface area contributed by atoms with Crippen LogP contribution in [0.3, 0.4) is 0 Å². The molecule has 3 atom stereocenters. The van der Waals surface area contributed by atoms with Gasteiger partial charge in [0.15, 0.2) is 0 Å². The third-order valence-corrected chi connectivity index (χ3v) is 2.70. The van der Waals surface area contributed by atoms with E-state index in [-0.39, 0.29) is 6.10 Å². The van der Waals surface area contributed by atoms with Crippen molar-refractivity contribution in [3.05, 3.63) is 0 Å². The van der Waals surface area contributed by atoms with Gasteiger partial charge in [0.05, 0.1) is 6.10 Å². The Morgan fingerprint density at radius 1 is 1.44 bits per heavy atom. The molecule has 0 amide bonds. The van der Waals surface area contributed by atoms with Crippen LogP contribution in [0.15, 0.2) is 0 Å². The van der Waals surface area contributed by atoms with Crippen LogP contribution in [-0.4, -0.2) is 24.3 Å². The molecular formula is C7H13NO. The minimum atomic E-state index is 0.0390. The summed E-state index contributed by atoms with van der Waals surface area (Å²) in [5.74, 6) is 1.44. The number of piperidine rings is 1. The molecule has 0 aromatic heterocycles. The molecule has 0 radical (unpaired) electrons. The Bertz CT molecular complexity index is 113. The Balaban J connectivity index is 1.94. The van der Waals surface area contributed by atoms with Crippen LogP contribution in [0.1, 0.15) is 12.8 Å². The van der Waals surface area contributed by atoms with Crippen molar-refractivity contribution in [3.63, 3.8) is 0 Å². The number of fused-ring (bicyclic) bond motifs is 1. The molecule has 0 aromatic carbocycles. The normalized spacial score (nSPS) is 49.7. The first-order chi connectivity index (χ1) is 4.38. The zero-order valence-corrected chi connectivity index (χ0v) is 5.51. The van der Waals surface area contributed by atoms with E-state index in [2.05, 4.69) is 5.32 Å². The van der Waals surface area contributed by atoms with Crippen molar-refractivity contribution in [2.45, 2.75) is 18.9 Å². The monoisotopic (exact) mass is 127 g/mol. The predicted molar refractivity (Wildman–Crippen MR) is 35.1 cm³/mol. The van der Waals surface area contributed by atoms with Crippen LogP contribution in [0.25, 0.3) is 0 Å². The fourth-order valence-corrected chi connectivity index (χ4v) is 2.00. The summed E-state index contributed by atoms with van der Waals surface area (Å²) in [6.07, 6.45) is 2.26. The van der Waals surface area contributed by atoms with Gasteiger partial charge in [-0.3, -0.25) is 0 Å². The van der Waals surface area contributed by atoms with Gasteiger partial charge in [0.2, 0.25) is 0 Å². The lowest BCUT2D eigenvalue weighted by Crippen LogP contribution is -2.51. The van der Waals surface area contributed by atoms with Gasteiger partial charge in [-0.25, -0.2) is 0 Å². The summed E-state index contributed by atoms with van der Waals surface area (Å²) < 4.78 is 0. The first kappa shape index (κ1) is 5.69. The van der Waals surface area contributed by atoms with E-state index >= 15 is 0 Å². The van der Waals surface area contributed by atoms with E-state index < -0.39 is 0 Å². The highest BCUT2D eigenvalue weighted by Crippen LogP contribution is 2.38. The maximum Gasteiger partial charge on any atom is 0.0575 e. The molecule has 2 aliphatic rings. The molecule has 0 aromatic rings. The highest BCUT2D eigenvalue weighted by atomic mass is 16.3. The van der Waals surface area contributed by atoms with E-state index in [9.17, 15) is 5.11 Å². The molecule has 1 saturated heterocycles. The van der Waals surface area contributed by atoms with E-state index in [1.54, 1.807) is 0 Å². The zero-order chi connectivity index (χ0) is 6.27. The first-order valence-electron chi connectivity index (χ1n) is 3.76. The largest absolute Gasteiger partial charge is 0.393 e. The smallest absolute Gasteiger partial charge is 0.0575 e. The molecule has 1 saturated carbocycles. The van der Waals surface area contributed by atoms with Crippen LogP contribution >= 0.6 is 0 Å². The third kappa shape index (κ3) is 0.775. The van der Waals surface area contributed by atoms with Crippen molar-refractivity contribution in [2.24, 2.45) is 11.8 Å². The SMILES string of the molecule is O[C@@H]1C[C@H]2CNCC[C@H]21. The molecule has 2 heteroatoms. The van der Waals surface area contributed by atoms with Crippen LogP contribution in [0, 0.1) is 11.8 Å². The molecule has 0 unspecified atom stereocenters. The van der Waals surface area contributed by atoms with Gasteiger partial charge in [-0.15, -0.1) is 0 Å². The summed E-state index contributed by atoms with van der Waals surface area (Å²) in [7, 11) is 0. The quantitative estimate of drug-likeness (QED) is 0.479. The summed E-state index contributed by atoms with van der Waals surface area (Å²) in [6.45, 7) is 2.25. The molecule has 1 aliphatic heterocycles. The fraction of sp³-hybridized carbons (Fsp3) is 1.00. The fourth-order valence-electron chi connectivity index (χ4n) is 2.00. The molecular weight excluding hydrogens is 114 g/mol. The Labute approximate surface area is 55.3 Å². The lowest BCUT2D eigenvalue weighted by atomic mass is 9.68. The Morgan fingerprint density at radius 2 is 2.33 bits per heavy atom. The van der Waals surface area contributed by atoms with E-state index in [0.29, 0.717) is 5.92 Å². The summed E-state index contributed by atoms with van der Waals surface area (Å²) in [6, 6.07) is 0. The number of nitrogens with one attached hydrogen (secondary N) is 1. The number of aliphatic hydroxyl groups is 1. The zero-order valence-electron chi connectivity index (χ0n) is 5.51. The third-order valence-electron chi connectivity index (χ3n) is 2.70. The molecule has 1 heterocycles. The van der Waals surface area contributed by atoms with Crippen molar-refractivity contribution in [2.75, 3.05) is 13.1 Å². The van der Waals surface area contributed by atoms with E-state index in [1.807, 2.05) is 0 Å². The average molecular weight is 127 g/mol. The minimum absolute atomic E-state index is 0.0390. The van der Waals surface area contributed by atoms with Gasteiger partial charge in [0, 0.05) is 0 Å². The van der Waals surface area contributed by atoms with Crippen molar-refractivity contribution in [1.82, 2.24) is 5.32 Å². The number of aliphatic hydroxyl groups excluding tert-OH is 1. The van der Waals surface area contributed by atoms with Gasteiger partial charge in [-0.2, -0.15) is 0 Å². The summed E-state index contributed by atoms with van der Waals surface area (Å²) >= 11 is 0. The van der Waals surface area contributed by atoms with E-state index in [1.165, 1.54) is 6.42 Å². The maximum atomic E-state index is 9.22. The maximum absolute atomic E-state index is 9.22. The summed E-state index contributed by atoms with van der Waals surface area (Å²) in [5.41, 5.74) is 0. The molecule has 2 fully saturated rings. The minimum Gasteiger partial charge on any atom is -0.393 e. The van der Waals surface area contributed by atoms with Crippen molar-refractivity contribution < 1.29 is 5.11 Å². The van der Waals surface area contributed by atoms with Gasteiger partial charge in [0.25, 0.3) is 0 Å². The van der Waals surface area contributed by atoms with Crippen LogP contribution < -0.4 is 5.32 Å². The molecule has 2 N–H and O–H groups in total. The lowest BCUT2D eigenvalue weighted by molar-refractivity contribution is -0.0484. The van der Waals surface area contributed by atoms with Gasteiger partial charge in [0.1, 0.15) is 0 Å². The number of hydrogen-bond acceptors (Lipinski definition) is 2. The van der Waals surface area contributed by atoms with Crippen LogP contribution in [-0.2, 0) is 0 Å². The second-order valence-corrected chi connectivity index (χ2v) is 3.22. The molecule has 9 heavy (non-hydrogen) atoms. The van der Waals surface area contributed by atoms with Crippen LogP contribution in [0.5, 0.6) is 0 Å². The Hall–Kier alpha value is -0.0800. The van der Waals surface area contributed by atoms with Crippen molar-refractivity contribution in [1.29, 1.82) is 0 Å². The summed E-state index contributed by atoms with van der Waals surface area (Å²) in [4.78, 5) is 0. The average Bonchev–Trinajstić information content (AvgIpc) is 1.86. The summed E-state index contributed by atoms with van der Waals surface area (Å²) in [5, 5.41) is 12.5. The highest BCUT2D eigenvalue weighted by Gasteiger charge is 2.40. The van der Waals surface area contributed by atoms with Gasteiger partial charge in [-0.1, -0.05) is 0 Å². The molecule has 0 bridgehead atoms. The predicted octanol–water partition coefficient (Wildman–Crippen LogP) is -0.0233. The first-order valence-corrected chi connectivity index (χ1v) is 3.76. The molecule has 0 spiro atoms. The number of rotatable bonds is 0. The van der Waals surface area contributed by atoms with Crippen LogP contribution in [0.4, 0.5) is 0 Å². The van der Waals surface area contributed by atoms with Crippen molar-refractivity contribution in [3.8, 4) is 0 Å². The standard InChI is InChI=1S/C7H13NO/c9-7-3-5-4-8-2-1-6(5)7/h5-9H,1-4H2/t5-,6+,7+/m0/s1. The molecule has 2 nitrogen and oxygen atoms in total.